The maximum absolute atomic E-state index is 9.47. The summed E-state index contributed by atoms with van der Waals surface area (Å²) in [5.74, 6) is 1.03. The number of nitrogens with zero attached hydrogens (tertiary/aromatic N) is 4. The highest BCUT2D eigenvalue weighted by Gasteiger charge is 2.35. The lowest BCUT2D eigenvalue weighted by Crippen LogP contribution is -2.15. The molecule has 22 heavy (non-hydrogen) atoms. The summed E-state index contributed by atoms with van der Waals surface area (Å²) in [6.07, 6.45) is 5.02. The van der Waals surface area contributed by atoms with Gasteiger partial charge < -0.3 is 20.1 Å². The summed E-state index contributed by atoms with van der Waals surface area (Å²) in [7, 11) is 0. The molecule has 7 heteroatoms. The fourth-order valence-electron chi connectivity index (χ4n) is 3.35. The molecule has 0 bridgehead atoms. The van der Waals surface area contributed by atoms with E-state index in [9.17, 15) is 10.2 Å². The van der Waals surface area contributed by atoms with Gasteiger partial charge in [0.25, 0.3) is 0 Å². The van der Waals surface area contributed by atoms with Crippen LogP contribution in [0.5, 0.6) is 0 Å². The van der Waals surface area contributed by atoms with Crippen molar-refractivity contribution < 1.29 is 10.2 Å². The van der Waals surface area contributed by atoms with Crippen molar-refractivity contribution in [1.29, 1.82) is 0 Å². The molecule has 3 N–H and O–H groups in total. The zero-order valence-corrected chi connectivity index (χ0v) is 13.0. The van der Waals surface area contributed by atoms with E-state index < -0.39 is 0 Å². The Morgan fingerprint density at radius 3 is 2.45 bits per heavy atom. The number of aliphatic hydroxyl groups excluding tert-OH is 2. The van der Waals surface area contributed by atoms with Crippen molar-refractivity contribution in [3.05, 3.63) is 12.7 Å². The van der Waals surface area contributed by atoms with Gasteiger partial charge in [0.05, 0.1) is 6.33 Å². The van der Waals surface area contributed by atoms with Crippen molar-refractivity contribution in [2.45, 2.75) is 38.8 Å². The van der Waals surface area contributed by atoms with Gasteiger partial charge in [0.1, 0.15) is 11.8 Å². The summed E-state index contributed by atoms with van der Waals surface area (Å²) in [5, 5.41) is 22.2. The molecule has 1 saturated carbocycles. The molecule has 3 rings (SSSR count). The Bertz CT molecular complexity index is 630. The van der Waals surface area contributed by atoms with Gasteiger partial charge in [-0.2, -0.15) is 0 Å². The number of hydrogen-bond donors (Lipinski definition) is 3. The first-order chi connectivity index (χ1) is 10.6. The third-order valence-corrected chi connectivity index (χ3v) is 4.46. The molecule has 0 aromatic carbocycles. The Balaban J connectivity index is 1.92. The zero-order chi connectivity index (χ0) is 15.7. The first kappa shape index (κ1) is 15.2. The largest absolute Gasteiger partial charge is 0.396 e. The minimum Gasteiger partial charge on any atom is -0.396 e. The molecule has 0 aliphatic heterocycles. The van der Waals surface area contributed by atoms with E-state index in [1.807, 2.05) is 0 Å². The van der Waals surface area contributed by atoms with Gasteiger partial charge in [0.15, 0.2) is 11.5 Å². The van der Waals surface area contributed by atoms with E-state index in [2.05, 4.69) is 38.7 Å². The third-order valence-electron chi connectivity index (χ3n) is 4.46. The van der Waals surface area contributed by atoms with E-state index in [4.69, 9.17) is 0 Å². The van der Waals surface area contributed by atoms with Crippen molar-refractivity contribution in [3.63, 3.8) is 0 Å². The second-order valence-corrected chi connectivity index (χ2v) is 6.36. The molecule has 0 amide bonds. The van der Waals surface area contributed by atoms with Crippen LogP contribution >= 0.6 is 0 Å². The summed E-state index contributed by atoms with van der Waals surface area (Å²) >= 11 is 0. The first-order valence-electron chi connectivity index (χ1n) is 7.79. The Hall–Kier alpha value is -1.73. The van der Waals surface area contributed by atoms with Crippen LogP contribution in [0.25, 0.3) is 11.2 Å². The monoisotopic (exact) mass is 305 g/mol. The van der Waals surface area contributed by atoms with Crippen molar-refractivity contribution in [2.75, 3.05) is 18.5 Å². The van der Waals surface area contributed by atoms with Gasteiger partial charge in [0.2, 0.25) is 0 Å². The van der Waals surface area contributed by atoms with Gasteiger partial charge in [0, 0.05) is 25.3 Å². The van der Waals surface area contributed by atoms with E-state index in [0.717, 1.165) is 29.8 Å². The molecule has 1 aliphatic rings. The summed E-state index contributed by atoms with van der Waals surface area (Å²) in [4.78, 5) is 13.1. The Morgan fingerprint density at radius 2 is 1.86 bits per heavy atom. The Kier molecular flexibility index (Phi) is 4.26. The molecular formula is C15H23N5O2. The molecule has 2 aromatic heterocycles. The molecule has 7 nitrogen and oxygen atoms in total. The molecule has 0 saturated heterocycles. The number of imidazole rings is 1. The number of aromatic nitrogens is 4. The van der Waals surface area contributed by atoms with Crippen LogP contribution in [-0.4, -0.2) is 49.0 Å². The number of rotatable bonds is 5. The van der Waals surface area contributed by atoms with Crippen LogP contribution in [-0.2, 0) is 0 Å². The van der Waals surface area contributed by atoms with Crippen LogP contribution < -0.4 is 5.32 Å². The van der Waals surface area contributed by atoms with Crippen LogP contribution in [0.4, 0.5) is 5.82 Å². The second-order valence-electron chi connectivity index (χ2n) is 6.36. The zero-order valence-electron chi connectivity index (χ0n) is 13.0. The minimum atomic E-state index is 0.115. The predicted molar refractivity (Wildman–Crippen MR) is 83.5 cm³/mol. The highest BCUT2D eigenvalue weighted by molar-refractivity contribution is 5.82. The van der Waals surface area contributed by atoms with Crippen molar-refractivity contribution in [3.8, 4) is 0 Å². The van der Waals surface area contributed by atoms with Gasteiger partial charge in [-0.1, -0.05) is 0 Å². The van der Waals surface area contributed by atoms with Gasteiger partial charge in [-0.25, -0.2) is 15.0 Å². The maximum Gasteiger partial charge on any atom is 0.165 e. The van der Waals surface area contributed by atoms with Gasteiger partial charge in [-0.05, 0) is 38.5 Å². The molecule has 2 aromatic rings. The Morgan fingerprint density at radius 1 is 1.18 bits per heavy atom. The predicted octanol–water partition coefficient (Wildman–Crippen LogP) is 1.20. The van der Waals surface area contributed by atoms with Crippen LogP contribution in [0.1, 0.15) is 32.7 Å². The Labute approximate surface area is 129 Å². The SMILES string of the molecule is CC(C)Nc1ncnc2c1ncn2C1C[C@@H](CO)[C@@H](CO)C1. The molecule has 0 spiro atoms. The van der Waals surface area contributed by atoms with E-state index >= 15 is 0 Å². The van der Waals surface area contributed by atoms with Crippen LogP contribution in [0.3, 0.4) is 0 Å². The van der Waals surface area contributed by atoms with E-state index in [1.54, 1.807) is 12.7 Å². The van der Waals surface area contributed by atoms with Crippen LogP contribution in [0.15, 0.2) is 12.7 Å². The van der Waals surface area contributed by atoms with Gasteiger partial charge in [-0.3, -0.25) is 0 Å². The number of nitrogens with one attached hydrogen (secondary N) is 1. The quantitative estimate of drug-likeness (QED) is 0.768. The molecule has 2 heterocycles. The molecule has 1 aliphatic carbocycles. The number of aliphatic hydroxyl groups is 2. The molecular weight excluding hydrogens is 282 g/mol. The number of fused-ring (bicyclic) bond motifs is 1. The molecule has 0 radical (unpaired) electrons. The summed E-state index contributed by atoms with van der Waals surface area (Å²) in [6.45, 7) is 4.34. The standard InChI is InChI=1S/C15H23N5O2/c1-9(2)19-14-13-15(17-7-16-14)20(8-18-13)12-3-10(5-21)11(4-12)6-22/h7-12,21-22H,3-6H2,1-2H3,(H,16,17,19)/t10-,11+,12?. The smallest absolute Gasteiger partial charge is 0.165 e. The fraction of sp³-hybridized carbons (Fsp3) is 0.667. The highest BCUT2D eigenvalue weighted by atomic mass is 16.3. The lowest BCUT2D eigenvalue weighted by molar-refractivity contribution is 0.141. The van der Waals surface area contributed by atoms with Crippen LogP contribution in [0.2, 0.25) is 0 Å². The normalized spacial score (nSPS) is 25.2. The average Bonchev–Trinajstić information content (AvgIpc) is 3.10. The van der Waals surface area contributed by atoms with E-state index in [0.29, 0.717) is 0 Å². The molecule has 120 valence electrons. The second kappa shape index (κ2) is 6.18. The number of hydrogen-bond acceptors (Lipinski definition) is 6. The van der Waals surface area contributed by atoms with Crippen molar-refractivity contribution >= 4 is 17.0 Å². The molecule has 1 unspecified atom stereocenters. The molecule has 1 fully saturated rings. The number of anilines is 1. The topological polar surface area (TPSA) is 96.1 Å². The summed E-state index contributed by atoms with van der Waals surface area (Å²) in [5.41, 5.74) is 1.57. The minimum absolute atomic E-state index is 0.115. The fourth-order valence-corrected chi connectivity index (χ4v) is 3.35. The van der Waals surface area contributed by atoms with E-state index in [1.165, 1.54) is 0 Å². The van der Waals surface area contributed by atoms with Gasteiger partial charge >= 0.3 is 0 Å². The molecule has 3 atom stereocenters. The van der Waals surface area contributed by atoms with E-state index in [-0.39, 0.29) is 37.1 Å². The third kappa shape index (κ3) is 2.66. The summed E-state index contributed by atoms with van der Waals surface area (Å²) in [6, 6.07) is 0.480. The average molecular weight is 305 g/mol. The lowest BCUT2D eigenvalue weighted by Gasteiger charge is -2.13. The highest BCUT2D eigenvalue weighted by Crippen LogP contribution is 2.40. The van der Waals surface area contributed by atoms with Crippen molar-refractivity contribution in [1.82, 2.24) is 19.5 Å². The lowest BCUT2D eigenvalue weighted by atomic mass is 9.98. The maximum atomic E-state index is 9.47. The van der Waals surface area contributed by atoms with Gasteiger partial charge in [-0.15, -0.1) is 0 Å². The van der Waals surface area contributed by atoms with Crippen LogP contribution in [0, 0.1) is 11.8 Å². The summed E-state index contributed by atoms with van der Waals surface area (Å²) < 4.78 is 2.06. The first-order valence-corrected chi connectivity index (χ1v) is 7.79. The van der Waals surface area contributed by atoms with Crippen molar-refractivity contribution in [2.24, 2.45) is 11.8 Å².